The van der Waals surface area contributed by atoms with Crippen molar-refractivity contribution in [1.82, 2.24) is 0 Å². The first kappa shape index (κ1) is 13.7. The van der Waals surface area contributed by atoms with E-state index >= 15 is 0 Å². The fourth-order valence-corrected chi connectivity index (χ4v) is 0.234. The molecule has 4 nitrogen and oxygen atoms in total. The Morgan fingerprint density at radius 1 is 1.55 bits per heavy atom. The van der Waals surface area contributed by atoms with E-state index in [9.17, 15) is 4.79 Å². The number of carboxylic acid groups (broad SMARTS) is 1. The van der Waals surface area contributed by atoms with Gasteiger partial charge in [0.15, 0.2) is 0 Å². The van der Waals surface area contributed by atoms with Gasteiger partial charge in [0, 0.05) is 18.1 Å². The van der Waals surface area contributed by atoms with Crippen molar-refractivity contribution in [3.8, 4) is 0 Å². The maximum atomic E-state index is 9.76. The summed E-state index contributed by atoms with van der Waals surface area (Å²) in [7, 11) is 0. The molecule has 0 rings (SSSR count). The van der Waals surface area contributed by atoms with Crippen LogP contribution in [-0.4, -0.2) is 35.2 Å². The molecule has 0 unspecified atom stereocenters. The molecule has 0 aliphatic rings. The van der Waals surface area contributed by atoms with Crippen LogP contribution in [-0.2, 0) is 4.79 Å². The average Bonchev–Trinajstić information content (AvgIpc) is 2.03. The summed E-state index contributed by atoms with van der Waals surface area (Å²) < 4.78 is 0. The van der Waals surface area contributed by atoms with Crippen LogP contribution in [0.5, 0.6) is 0 Å². The van der Waals surface area contributed by atoms with Crippen molar-refractivity contribution in [2.24, 2.45) is 11.5 Å². The molecule has 6 heteroatoms. The summed E-state index contributed by atoms with van der Waals surface area (Å²) in [4.78, 5) is 9.76. The molecule has 68 valence electrons. The predicted octanol–water partition coefficient (Wildman–Crippen LogP) is -0.797. The molecule has 0 aliphatic heterocycles. The zero-order chi connectivity index (χ0) is 9.28. The van der Waals surface area contributed by atoms with E-state index in [4.69, 9.17) is 16.6 Å². The molecule has 0 spiro atoms. The van der Waals surface area contributed by atoms with Gasteiger partial charge in [-0.05, 0) is 0 Å². The molecule has 0 bridgehead atoms. The van der Waals surface area contributed by atoms with Crippen LogP contribution in [0.3, 0.4) is 0 Å². The Morgan fingerprint density at radius 3 is 1.91 bits per heavy atom. The zero-order valence-electron chi connectivity index (χ0n) is 6.10. The number of hydrogen-bond donors (Lipinski definition) is 5. The topological polar surface area (TPSA) is 89.3 Å². The number of rotatable bonds is 3. The second kappa shape index (κ2) is 10.1. The first-order valence-corrected chi connectivity index (χ1v) is 4.26. The second-order valence-corrected chi connectivity index (χ2v) is 2.45. The summed E-state index contributed by atoms with van der Waals surface area (Å²) >= 11 is 7.44. The largest absolute Gasteiger partial charge is 0.480 e. The molecular formula is C5H14N2O2S2. The van der Waals surface area contributed by atoms with E-state index in [-0.39, 0.29) is 5.75 Å². The highest BCUT2D eigenvalue weighted by Crippen LogP contribution is 1.80. The molecular weight excluding hydrogens is 184 g/mol. The van der Waals surface area contributed by atoms with E-state index in [1.807, 2.05) is 0 Å². The lowest BCUT2D eigenvalue weighted by atomic mass is 10.4. The van der Waals surface area contributed by atoms with Gasteiger partial charge in [0.05, 0.1) is 0 Å². The van der Waals surface area contributed by atoms with Gasteiger partial charge in [-0.1, -0.05) is 0 Å². The second-order valence-electron chi connectivity index (χ2n) is 1.64. The van der Waals surface area contributed by atoms with Crippen molar-refractivity contribution in [3.63, 3.8) is 0 Å². The molecule has 0 aliphatic carbocycles. The van der Waals surface area contributed by atoms with Crippen molar-refractivity contribution in [3.05, 3.63) is 0 Å². The van der Waals surface area contributed by atoms with Gasteiger partial charge >= 0.3 is 5.97 Å². The lowest BCUT2D eigenvalue weighted by Gasteiger charge is -1.96. The third-order valence-corrected chi connectivity index (χ3v) is 1.29. The Bertz CT molecular complexity index is 100. The number of aliphatic carboxylic acids is 1. The summed E-state index contributed by atoms with van der Waals surface area (Å²) in [6.07, 6.45) is 0. The summed E-state index contributed by atoms with van der Waals surface area (Å²) in [6, 6.07) is -0.816. The number of hydrogen-bond acceptors (Lipinski definition) is 5. The molecule has 0 saturated heterocycles. The molecule has 0 saturated carbocycles. The van der Waals surface area contributed by atoms with E-state index in [2.05, 4.69) is 25.3 Å². The summed E-state index contributed by atoms with van der Waals surface area (Å²) in [5.41, 5.74) is 9.89. The molecule has 0 heterocycles. The fraction of sp³-hybridized carbons (Fsp3) is 0.800. The first-order chi connectivity index (χ1) is 5.09. The van der Waals surface area contributed by atoms with E-state index in [1.165, 1.54) is 0 Å². The van der Waals surface area contributed by atoms with Gasteiger partial charge in [-0.25, -0.2) is 0 Å². The normalized spacial score (nSPS) is 11.3. The molecule has 1 atom stereocenters. The Balaban J connectivity index is 0. The van der Waals surface area contributed by atoms with E-state index < -0.39 is 12.0 Å². The van der Waals surface area contributed by atoms with Gasteiger partial charge in [0.2, 0.25) is 0 Å². The lowest BCUT2D eigenvalue weighted by molar-refractivity contribution is -0.137. The zero-order valence-corrected chi connectivity index (χ0v) is 7.89. The van der Waals surface area contributed by atoms with Crippen LogP contribution in [0.4, 0.5) is 0 Å². The molecule has 11 heavy (non-hydrogen) atoms. The van der Waals surface area contributed by atoms with Crippen LogP contribution in [0.2, 0.25) is 0 Å². The summed E-state index contributed by atoms with van der Waals surface area (Å²) in [5, 5.41) is 8.01. The molecule has 0 amide bonds. The molecule has 5 N–H and O–H groups in total. The summed E-state index contributed by atoms with van der Waals surface area (Å²) in [5.74, 6) is -0.0231. The molecule has 0 aromatic heterocycles. The van der Waals surface area contributed by atoms with Gasteiger partial charge in [-0.2, -0.15) is 25.3 Å². The minimum absolute atomic E-state index is 0.190. The number of thiol groups is 2. The standard InChI is InChI=1S/C3H7NO2S.C2H7NS/c4-2(1-7)3(5)6;3-1-2-4/h2,7H,1,4H2,(H,5,6);4H,1-3H2/t2-;/m0./s1. The third-order valence-electron chi connectivity index (χ3n) is 0.643. The Morgan fingerprint density at radius 2 is 1.91 bits per heavy atom. The van der Waals surface area contributed by atoms with Gasteiger partial charge in [0.25, 0.3) is 0 Å². The number of carboxylic acids is 1. The summed E-state index contributed by atoms with van der Waals surface area (Å²) in [6.45, 7) is 0.684. The van der Waals surface area contributed by atoms with Crippen molar-refractivity contribution >= 4 is 31.2 Å². The van der Waals surface area contributed by atoms with Crippen molar-refractivity contribution < 1.29 is 9.90 Å². The number of carbonyl (C=O) groups is 1. The average molecular weight is 198 g/mol. The van der Waals surface area contributed by atoms with Crippen molar-refractivity contribution in [1.29, 1.82) is 0 Å². The van der Waals surface area contributed by atoms with Gasteiger partial charge in [0.1, 0.15) is 6.04 Å². The SMILES string of the molecule is NCCS.N[C@@H](CS)C(=O)O. The monoisotopic (exact) mass is 198 g/mol. The van der Waals surface area contributed by atoms with Gasteiger partial charge in [-0.3, -0.25) is 4.79 Å². The lowest BCUT2D eigenvalue weighted by Crippen LogP contribution is -2.31. The molecule has 0 aromatic rings. The highest BCUT2D eigenvalue weighted by molar-refractivity contribution is 7.80. The maximum Gasteiger partial charge on any atom is 0.321 e. The molecule has 0 fully saturated rings. The maximum absolute atomic E-state index is 9.76. The fourth-order valence-electron chi connectivity index (χ4n) is 0.0781. The van der Waals surface area contributed by atoms with Crippen LogP contribution in [0, 0.1) is 0 Å². The highest BCUT2D eigenvalue weighted by atomic mass is 32.1. The van der Waals surface area contributed by atoms with E-state index in [0.717, 1.165) is 5.75 Å². The quantitative estimate of drug-likeness (QED) is 0.384. The van der Waals surface area contributed by atoms with Gasteiger partial charge in [-0.15, -0.1) is 0 Å². The molecule has 0 aromatic carbocycles. The minimum atomic E-state index is -1.00. The Labute approximate surface area is 77.2 Å². The van der Waals surface area contributed by atoms with Crippen LogP contribution in [0.1, 0.15) is 0 Å². The first-order valence-electron chi connectivity index (χ1n) is 3.00. The predicted molar refractivity (Wildman–Crippen MR) is 52.4 cm³/mol. The van der Waals surface area contributed by atoms with Crippen LogP contribution in [0.25, 0.3) is 0 Å². The van der Waals surface area contributed by atoms with Crippen molar-refractivity contribution in [2.75, 3.05) is 18.1 Å². The highest BCUT2D eigenvalue weighted by Gasteiger charge is 2.06. The Hall–Kier alpha value is 0.0900. The van der Waals surface area contributed by atoms with E-state index in [0.29, 0.717) is 6.54 Å². The Kier molecular flexibility index (Phi) is 12.5. The number of nitrogens with two attached hydrogens (primary N) is 2. The smallest absolute Gasteiger partial charge is 0.321 e. The van der Waals surface area contributed by atoms with Crippen LogP contribution >= 0.6 is 25.3 Å². The molecule has 0 radical (unpaired) electrons. The van der Waals surface area contributed by atoms with E-state index in [1.54, 1.807) is 0 Å². The van der Waals surface area contributed by atoms with Crippen LogP contribution in [0.15, 0.2) is 0 Å². The van der Waals surface area contributed by atoms with Crippen molar-refractivity contribution in [2.45, 2.75) is 6.04 Å². The van der Waals surface area contributed by atoms with Crippen LogP contribution < -0.4 is 11.5 Å². The third kappa shape index (κ3) is 13.1. The minimum Gasteiger partial charge on any atom is -0.480 e. The van der Waals surface area contributed by atoms with Gasteiger partial charge < -0.3 is 16.6 Å².